The topological polar surface area (TPSA) is 115 Å². The zero-order valence-corrected chi connectivity index (χ0v) is 16.8. The van der Waals surface area contributed by atoms with E-state index in [4.69, 9.17) is 10.5 Å². The number of ether oxygens (including phenoxy) is 1. The highest BCUT2D eigenvalue weighted by atomic mass is 32.2. The SMILES string of the molecule is CSc1nc(C)c(CCC(=O)OCC(=O)N2CCCC[C@@H]2C(N)=O)c(C)n1. The molecule has 2 rings (SSSR count). The Balaban J connectivity index is 1.86. The number of hydrogen-bond acceptors (Lipinski definition) is 7. The molecule has 27 heavy (non-hydrogen) atoms. The van der Waals surface area contributed by atoms with Crippen LogP contribution < -0.4 is 5.73 Å². The van der Waals surface area contributed by atoms with Crippen molar-refractivity contribution in [2.75, 3.05) is 19.4 Å². The molecule has 1 aliphatic rings. The number of primary amides is 1. The van der Waals surface area contributed by atoms with E-state index in [9.17, 15) is 14.4 Å². The van der Waals surface area contributed by atoms with Gasteiger partial charge in [0, 0.05) is 24.4 Å². The number of esters is 1. The maximum atomic E-state index is 12.3. The molecule has 1 aliphatic heterocycles. The summed E-state index contributed by atoms with van der Waals surface area (Å²) in [5.41, 5.74) is 7.96. The fourth-order valence-electron chi connectivity index (χ4n) is 3.21. The summed E-state index contributed by atoms with van der Waals surface area (Å²) in [7, 11) is 0. The monoisotopic (exact) mass is 394 g/mol. The quantitative estimate of drug-likeness (QED) is 0.419. The number of aryl methyl sites for hydroxylation is 2. The molecule has 2 heterocycles. The second kappa shape index (κ2) is 9.68. The van der Waals surface area contributed by atoms with Crippen molar-refractivity contribution in [2.24, 2.45) is 5.73 Å². The smallest absolute Gasteiger partial charge is 0.306 e. The lowest BCUT2D eigenvalue weighted by molar-refractivity contribution is -0.154. The van der Waals surface area contributed by atoms with Gasteiger partial charge in [-0.15, -0.1) is 0 Å². The summed E-state index contributed by atoms with van der Waals surface area (Å²) in [4.78, 5) is 46.0. The minimum absolute atomic E-state index is 0.135. The van der Waals surface area contributed by atoms with Gasteiger partial charge in [0.2, 0.25) is 5.91 Å². The van der Waals surface area contributed by atoms with Gasteiger partial charge >= 0.3 is 5.97 Å². The van der Waals surface area contributed by atoms with Crippen LogP contribution in [0.1, 0.15) is 42.6 Å². The number of carbonyl (C=O) groups is 3. The Morgan fingerprint density at radius 2 is 1.89 bits per heavy atom. The minimum atomic E-state index is -0.609. The summed E-state index contributed by atoms with van der Waals surface area (Å²) < 4.78 is 5.10. The van der Waals surface area contributed by atoms with E-state index in [0.29, 0.717) is 24.5 Å². The number of nitrogens with zero attached hydrogens (tertiary/aromatic N) is 3. The number of carbonyl (C=O) groups excluding carboxylic acids is 3. The first kappa shape index (κ1) is 21.1. The van der Waals surface area contributed by atoms with Crippen molar-refractivity contribution in [3.05, 3.63) is 17.0 Å². The van der Waals surface area contributed by atoms with Crippen LogP contribution in [0.25, 0.3) is 0 Å². The molecule has 0 bridgehead atoms. The van der Waals surface area contributed by atoms with Crippen LogP contribution in [0.2, 0.25) is 0 Å². The Bertz CT molecular complexity index is 702. The first-order valence-corrected chi connectivity index (χ1v) is 10.2. The molecule has 0 saturated carbocycles. The third-order valence-electron chi connectivity index (χ3n) is 4.67. The predicted octanol–water partition coefficient (Wildman–Crippen LogP) is 1.16. The van der Waals surface area contributed by atoms with Crippen molar-refractivity contribution in [2.45, 2.75) is 57.1 Å². The van der Waals surface area contributed by atoms with Gasteiger partial charge in [-0.25, -0.2) is 9.97 Å². The zero-order chi connectivity index (χ0) is 20.0. The highest BCUT2D eigenvalue weighted by Gasteiger charge is 2.30. The average Bonchev–Trinajstić information content (AvgIpc) is 2.65. The van der Waals surface area contributed by atoms with Gasteiger partial charge in [0.25, 0.3) is 5.91 Å². The summed E-state index contributed by atoms with van der Waals surface area (Å²) in [5.74, 6) is -1.37. The summed E-state index contributed by atoms with van der Waals surface area (Å²) in [6, 6.07) is -0.609. The van der Waals surface area contributed by atoms with E-state index in [1.807, 2.05) is 20.1 Å². The Morgan fingerprint density at radius 1 is 1.22 bits per heavy atom. The fraction of sp³-hybridized carbons (Fsp3) is 0.611. The van der Waals surface area contributed by atoms with Crippen LogP contribution in [0.15, 0.2) is 5.16 Å². The zero-order valence-electron chi connectivity index (χ0n) is 16.0. The lowest BCUT2D eigenvalue weighted by Crippen LogP contribution is -2.51. The Morgan fingerprint density at radius 3 is 2.48 bits per heavy atom. The van der Waals surface area contributed by atoms with Gasteiger partial charge in [0.05, 0.1) is 0 Å². The van der Waals surface area contributed by atoms with Crippen LogP contribution in [-0.4, -0.2) is 58.1 Å². The number of aromatic nitrogens is 2. The molecule has 1 aromatic rings. The van der Waals surface area contributed by atoms with Crippen molar-refractivity contribution in [3.63, 3.8) is 0 Å². The standard InChI is InChI=1S/C18H26N4O4S/c1-11-13(12(2)21-18(20-11)27-3)7-8-16(24)26-10-15(23)22-9-5-4-6-14(22)17(19)25/h14H,4-10H2,1-3H3,(H2,19,25)/t14-/m1/s1. The number of nitrogens with two attached hydrogens (primary N) is 1. The largest absolute Gasteiger partial charge is 0.456 e. The summed E-state index contributed by atoms with van der Waals surface area (Å²) in [5, 5.41) is 0.701. The van der Waals surface area contributed by atoms with E-state index in [1.165, 1.54) is 16.7 Å². The Labute approximate surface area is 163 Å². The van der Waals surface area contributed by atoms with E-state index < -0.39 is 17.9 Å². The molecule has 1 atom stereocenters. The van der Waals surface area contributed by atoms with Crippen LogP contribution in [0.5, 0.6) is 0 Å². The molecule has 148 valence electrons. The number of likely N-dealkylation sites (tertiary alicyclic amines) is 1. The van der Waals surface area contributed by atoms with Gasteiger partial charge in [-0.2, -0.15) is 0 Å². The Kier molecular flexibility index (Phi) is 7.58. The van der Waals surface area contributed by atoms with Gasteiger partial charge in [-0.1, -0.05) is 11.8 Å². The molecule has 0 radical (unpaired) electrons. The van der Waals surface area contributed by atoms with Gasteiger partial charge < -0.3 is 15.4 Å². The highest BCUT2D eigenvalue weighted by molar-refractivity contribution is 7.98. The first-order valence-electron chi connectivity index (χ1n) is 8.96. The number of amides is 2. The first-order chi connectivity index (χ1) is 12.8. The van der Waals surface area contributed by atoms with Crippen LogP contribution >= 0.6 is 11.8 Å². The molecule has 8 nitrogen and oxygen atoms in total. The lowest BCUT2D eigenvalue weighted by Gasteiger charge is -2.33. The van der Waals surface area contributed by atoms with Crippen LogP contribution in [0.4, 0.5) is 0 Å². The highest BCUT2D eigenvalue weighted by Crippen LogP contribution is 2.18. The van der Waals surface area contributed by atoms with E-state index >= 15 is 0 Å². The summed E-state index contributed by atoms with van der Waals surface area (Å²) in [6.07, 6.45) is 4.72. The summed E-state index contributed by atoms with van der Waals surface area (Å²) >= 11 is 1.47. The van der Waals surface area contributed by atoms with Crippen molar-refractivity contribution in [1.29, 1.82) is 0 Å². The van der Waals surface area contributed by atoms with Gasteiger partial charge in [0.1, 0.15) is 6.04 Å². The Hall–Kier alpha value is -2.16. The maximum Gasteiger partial charge on any atom is 0.306 e. The molecular weight excluding hydrogens is 368 g/mol. The van der Waals surface area contributed by atoms with Crippen molar-refractivity contribution >= 4 is 29.5 Å². The average molecular weight is 394 g/mol. The van der Waals surface area contributed by atoms with Crippen molar-refractivity contribution in [1.82, 2.24) is 14.9 Å². The molecule has 0 spiro atoms. The fourth-order valence-corrected chi connectivity index (χ4v) is 3.67. The van der Waals surface area contributed by atoms with E-state index in [0.717, 1.165) is 29.8 Å². The third kappa shape index (κ3) is 5.66. The van der Waals surface area contributed by atoms with Gasteiger partial charge in [0.15, 0.2) is 11.8 Å². The number of piperidine rings is 1. The molecule has 0 unspecified atom stereocenters. The van der Waals surface area contributed by atoms with Gasteiger partial charge in [-0.3, -0.25) is 14.4 Å². The molecule has 1 fully saturated rings. The summed E-state index contributed by atoms with van der Waals surface area (Å²) in [6.45, 7) is 3.86. The molecule has 0 aromatic carbocycles. The van der Waals surface area contributed by atoms with Crippen molar-refractivity contribution < 1.29 is 19.1 Å². The van der Waals surface area contributed by atoms with E-state index in [2.05, 4.69) is 9.97 Å². The molecule has 2 N–H and O–H groups in total. The maximum absolute atomic E-state index is 12.3. The van der Waals surface area contributed by atoms with Crippen LogP contribution in [-0.2, 0) is 25.5 Å². The number of rotatable bonds is 7. The molecular formula is C18H26N4O4S. The van der Waals surface area contributed by atoms with Crippen molar-refractivity contribution in [3.8, 4) is 0 Å². The second-order valence-corrected chi connectivity index (χ2v) is 7.29. The van der Waals surface area contributed by atoms with Crippen LogP contribution in [0.3, 0.4) is 0 Å². The number of hydrogen-bond donors (Lipinski definition) is 1. The van der Waals surface area contributed by atoms with Crippen LogP contribution in [0, 0.1) is 13.8 Å². The lowest BCUT2D eigenvalue weighted by atomic mass is 10.0. The number of thioether (sulfide) groups is 1. The molecule has 0 aliphatic carbocycles. The van der Waals surface area contributed by atoms with E-state index in [1.54, 1.807) is 0 Å². The van der Waals surface area contributed by atoms with Gasteiger partial charge in [-0.05, 0) is 51.3 Å². The van der Waals surface area contributed by atoms with E-state index in [-0.39, 0.29) is 18.9 Å². The second-order valence-electron chi connectivity index (χ2n) is 6.52. The minimum Gasteiger partial charge on any atom is -0.456 e. The third-order valence-corrected chi connectivity index (χ3v) is 5.22. The molecule has 9 heteroatoms. The molecule has 1 saturated heterocycles. The molecule has 1 aromatic heterocycles. The molecule has 2 amide bonds. The normalized spacial score (nSPS) is 16.9. The predicted molar refractivity (Wildman–Crippen MR) is 101 cm³/mol.